The van der Waals surface area contributed by atoms with Crippen molar-refractivity contribution in [2.45, 2.75) is 20.8 Å². The highest BCUT2D eigenvalue weighted by atomic mass is 79.9. The minimum atomic E-state index is -0.0422. The molecule has 0 amide bonds. The van der Waals surface area contributed by atoms with E-state index < -0.39 is 0 Å². The van der Waals surface area contributed by atoms with Crippen molar-refractivity contribution in [3.63, 3.8) is 0 Å². The summed E-state index contributed by atoms with van der Waals surface area (Å²) in [7, 11) is 0. The van der Waals surface area contributed by atoms with Gasteiger partial charge in [0.1, 0.15) is 5.58 Å². The molecule has 0 saturated carbocycles. The molecule has 0 radical (unpaired) electrons. The quantitative estimate of drug-likeness (QED) is 0.730. The number of carbonyl (C=O) groups is 1. The standard InChI is InChI=1S/C12H11BrO2/c1-6-7(2)12-9(4-10(6)13)5-11(15-12)8(3)14/h4-5H,1-3H3. The number of aryl methyl sites for hydroxylation is 1. The van der Waals surface area contributed by atoms with Crippen LogP contribution in [0.4, 0.5) is 0 Å². The molecule has 0 atom stereocenters. The zero-order chi connectivity index (χ0) is 11.2. The van der Waals surface area contributed by atoms with Crippen LogP contribution in [-0.4, -0.2) is 5.78 Å². The third-order valence-corrected chi connectivity index (χ3v) is 3.48. The number of halogens is 1. The number of furan rings is 1. The van der Waals surface area contributed by atoms with Crippen LogP contribution in [0.3, 0.4) is 0 Å². The van der Waals surface area contributed by atoms with Crippen molar-refractivity contribution in [3.05, 3.63) is 33.5 Å². The van der Waals surface area contributed by atoms with E-state index in [1.165, 1.54) is 6.92 Å². The summed E-state index contributed by atoms with van der Waals surface area (Å²) < 4.78 is 6.57. The van der Waals surface area contributed by atoms with Gasteiger partial charge < -0.3 is 4.42 Å². The second-order valence-electron chi connectivity index (χ2n) is 3.69. The number of carbonyl (C=O) groups excluding carboxylic acids is 1. The molecule has 1 aromatic carbocycles. The fourth-order valence-electron chi connectivity index (χ4n) is 1.57. The van der Waals surface area contributed by atoms with E-state index in [0.29, 0.717) is 5.76 Å². The summed E-state index contributed by atoms with van der Waals surface area (Å²) in [5.41, 5.74) is 3.03. The van der Waals surface area contributed by atoms with E-state index in [9.17, 15) is 4.79 Å². The van der Waals surface area contributed by atoms with Gasteiger partial charge in [0, 0.05) is 16.8 Å². The summed E-state index contributed by atoms with van der Waals surface area (Å²) in [6, 6.07) is 3.77. The van der Waals surface area contributed by atoms with Gasteiger partial charge in [0.05, 0.1) is 0 Å². The van der Waals surface area contributed by atoms with Gasteiger partial charge in [0.15, 0.2) is 11.5 Å². The predicted octanol–water partition coefficient (Wildman–Crippen LogP) is 4.01. The average molecular weight is 267 g/mol. The molecule has 1 aromatic heterocycles. The third-order valence-electron chi connectivity index (χ3n) is 2.65. The molecule has 78 valence electrons. The summed E-state index contributed by atoms with van der Waals surface area (Å²) in [4.78, 5) is 11.2. The van der Waals surface area contributed by atoms with E-state index >= 15 is 0 Å². The maximum atomic E-state index is 11.2. The number of hydrogen-bond acceptors (Lipinski definition) is 2. The lowest BCUT2D eigenvalue weighted by atomic mass is 10.1. The number of ketones is 1. The highest BCUT2D eigenvalue weighted by Crippen LogP contribution is 2.30. The van der Waals surface area contributed by atoms with Crippen LogP contribution in [0.1, 0.15) is 28.6 Å². The molecule has 2 nitrogen and oxygen atoms in total. The van der Waals surface area contributed by atoms with Crippen molar-refractivity contribution < 1.29 is 9.21 Å². The van der Waals surface area contributed by atoms with Crippen molar-refractivity contribution in [2.24, 2.45) is 0 Å². The summed E-state index contributed by atoms with van der Waals surface area (Å²) in [6.45, 7) is 5.53. The first-order valence-electron chi connectivity index (χ1n) is 4.71. The molecule has 0 aliphatic carbocycles. The van der Waals surface area contributed by atoms with Gasteiger partial charge in [-0.3, -0.25) is 4.79 Å². The second-order valence-corrected chi connectivity index (χ2v) is 4.55. The van der Waals surface area contributed by atoms with Crippen LogP contribution in [0.25, 0.3) is 11.0 Å². The zero-order valence-electron chi connectivity index (χ0n) is 8.85. The van der Waals surface area contributed by atoms with Gasteiger partial charge in [-0.1, -0.05) is 15.9 Å². The molecule has 0 unspecified atom stereocenters. The second kappa shape index (κ2) is 3.49. The molecule has 0 fully saturated rings. The highest BCUT2D eigenvalue weighted by Gasteiger charge is 2.12. The van der Waals surface area contributed by atoms with E-state index in [1.54, 1.807) is 6.07 Å². The summed E-state index contributed by atoms with van der Waals surface area (Å²) >= 11 is 3.49. The molecule has 1 heterocycles. The zero-order valence-corrected chi connectivity index (χ0v) is 10.4. The Bertz CT molecular complexity index is 552. The Kier molecular flexibility index (Phi) is 2.43. The number of benzene rings is 1. The lowest BCUT2D eigenvalue weighted by Gasteiger charge is -2.02. The maximum absolute atomic E-state index is 11.2. The summed E-state index contributed by atoms with van der Waals surface area (Å²) in [5.74, 6) is 0.380. The van der Waals surface area contributed by atoms with Gasteiger partial charge in [-0.15, -0.1) is 0 Å². The molecule has 15 heavy (non-hydrogen) atoms. The fraction of sp³-hybridized carbons (Fsp3) is 0.250. The van der Waals surface area contributed by atoms with E-state index in [2.05, 4.69) is 15.9 Å². The van der Waals surface area contributed by atoms with Crippen molar-refractivity contribution in [1.29, 1.82) is 0 Å². The Morgan fingerprint density at radius 2 is 1.93 bits per heavy atom. The molecule has 3 heteroatoms. The Hall–Kier alpha value is -1.09. The van der Waals surface area contributed by atoms with Gasteiger partial charge >= 0.3 is 0 Å². The predicted molar refractivity (Wildman–Crippen MR) is 63.4 cm³/mol. The molecular formula is C12H11BrO2. The van der Waals surface area contributed by atoms with E-state index in [0.717, 1.165) is 26.6 Å². The molecular weight excluding hydrogens is 256 g/mol. The Morgan fingerprint density at radius 1 is 1.27 bits per heavy atom. The van der Waals surface area contributed by atoms with Gasteiger partial charge in [-0.2, -0.15) is 0 Å². The monoisotopic (exact) mass is 266 g/mol. The fourth-order valence-corrected chi connectivity index (χ4v) is 2.12. The Labute approximate surface area is 96.4 Å². The van der Waals surface area contributed by atoms with Gasteiger partial charge in [0.25, 0.3) is 0 Å². The van der Waals surface area contributed by atoms with Crippen LogP contribution in [0.15, 0.2) is 21.0 Å². The van der Waals surface area contributed by atoms with Crippen molar-refractivity contribution >= 4 is 32.7 Å². The van der Waals surface area contributed by atoms with E-state index in [1.807, 2.05) is 19.9 Å². The maximum Gasteiger partial charge on any atom is 0.194 e. The van der Waals surface area contributed by atoms with Crippen LogP contribution in [0.2, 0.25) is 0 Å². The van der Waals surface area contributed by atoms with Crippen LogP contribution in [0, 0.1) is 13.8 Å². The van der Waals surface area contributed by atoms with Crippen LogP contribution >= 0.6 is 15.9 Å². The van der Waals surface area contributed by atoms with E-state index in [4.69, 9.17) is 4.42 Å². The van der Waals surface area contributed by atoms with Crippen molar-refractivity contribution in [1.82, 2.24) is 0 Å². The largest absolute Gasteiger partial charge is 0.453 e. The lowest BCUT2D eigenvalue weighted by molar-refractivity contribution is 0.0989. The molecule has 0 saturated heterocycles. The third kappa shape index (κ3) is 1.61. The number of fused-ring (bicyclic) bond motifs is 1. The number of Topliss-reactive ketones (excluding diaryl/α,β-unsaturated/α-hetero) is 1. The number of hydrogen-bond donors (Lipinski definition) is 0. The highest BCUT2D eigenvalue weighted by molar-refractivity contribution is 9.10. The van der Waals surface area contributed by atoms with E-state index in [-0.39, 0.29) is 5.78 Å². The molecule has 0 aliphatic rings. The molecule has 0 spiro atoms. The summed E-state index contributed by atoms with van der Waals surface area (Å²) in [6.07, 6.45) is 0. The minimum absolute atomic E-state index is 0.0422. The smallest absolute Gasteiger partial charge is 0.194 e. The van der Waals surface area contributed by atoms with Gasteiger partial charge in [-0.05, 0) is 37.1 Å². The molecule has 2 aromatic rings. The van der Waals surface area contributed by atoms with Crippen molar-refractivity contribution in [3.8, 4) is 0 Å². The Morgan fingerprint density at radius 3 is 2.53 bits per heavy atom. The normalized spacial score (nSPS) is 10.9. The van der Waals surface area contributed by atoms with Crippen molar-refractivity contribution in [2.75, 3.05) is 0 Å². The topological polar surface area (TPSA) is 30.2 Å². The lowest BCUT2D eigenvalue weighted by Crippen LogP contribution is -1.85. The number of rotatable bonds is 1. The first-order chi connectivity index (χ1) is 7.00. The minimum Gasteiger partial charge on any atom is -0.453 e. The first-order valence-corrected chi connectivity index (χ1v) is 5.50. The van der Waals surface area contributed by atoms with Crippen LogP contribution in [-0.2, 0) is 0 Å². The van der Waals surface area contributed by atoms with Gasteiger partial charge in [-0.25, -0.2) is 0 Å². The van der Waals surface area contributed by atoms with Crippen LogP contribution in [0.5, 0.6) is 0 Å². The summed E-state index contributed by atoms with van der Waals surface area (Å²) in [5, 5.41) is 0.968. The molecule has 0 aliphatic heterocycles. The molecule has 2 rings (SSSR count). The first kappa shape index (κ1) is 10.4. The molecule has 0 N–H and O–H groups in total. The SMILES string of the molecule is CC(=O)c1cc2cc(Br)c(C)c(C)c2o1. The Balaban J connectivity index is 2.82. The van der Waals surface area contributed by atoms with Gasteiger partial charge in [0.2, 0.25) is 0 Å². The molecule has 0 bridgehead atoms. The van der Waals surface area contributed by atoms with Crippen LogP contribution < -0.4 is 0 Å². The average Bonchev–Trinajstić information content (AvgIpc) is 2.58.